The molecule has 1 aromatic carbocycles. The quantitative estimate of drug-likeness (QED) is 0.648. The molecule has 0 heterocycles. The number of ether oxygens (including phenoxy) is 1. The van der Waals surface area contributed by atoms with Gasteiger partial charge in [0.15, 0.2) is 0 Å². The van der Waals surface area contributed by atoms with Crippen LogP contribution in [0.2, 0.25) is 0 Å². The Balaban J connectivity index is 2.45. The molecule has 0 aliphatic rings. The third-order valence-corrected chi connectivity index (χ3v) is 3.17. The predicted octanol–water partition coefficient (Wildman–Crippen LogP) is 2.12. The molecule has 116 valence electrons. The SMILES string of the molecule is C=CCN(CC=C)CCOc1ccc(C(O)C(C)N)cc1. The molecule has 0 fully saturated rings. The van der Waals surface area contributed by atoms with Crippen LogP contribution in [0, 0.1) is 0 Å². The van der Waals surface area contributed by atoms with Gasteiger partial charge in [-0.3, -0.25) is 4.90 Å². The highest BCUT2D eigenvalue weighted by Crippen LogP contribution is 2.19. The van der Waals surface area contributed by atoms with E-state index in [0.717, 1.165) is 30.9 Å². The van der Waals surface area contributed by atoms with Crippen molar-refractivity contribution < 1.29 is 9.84 Å². The van der Waals surface area contributed by atoms with Crippen LogP contribution in [0.4, 0.5) is 0 Å². The monoisotopic (exact) mass is 290 g/mol. The number of nitrogens with two attached hydrogens (primary N) is 1. The highest BCUT2D eigenvalue weighted by Gasteiger charge is 2.11. The van der Waals surface area contributed by atoms with Crippen LogP contribution >= 0.6 is 0 Å². The number of aliphatic hydroxyl groups is 1. The van der Waals surface area contributed by atoms with Crippen LogP contribution in [0.3, 0.4) is 0 Å². The van der Waals surface area contributed by atoms with Crippen LogP contribution in [0.15, 0.2) is 49.6 Å². The second-order valence-corrected chi connectivity index (χ2v) is 5.06. The van der Waals surface area contributed by atoms with Crippen molar-refractivity contribution in [2.24, 2.45) is 5.73 Å². The minimum absolute atomic E-state index is 0.289. The van der Waals surface area contributed by atoms with Gasteiger partial charge in [0.05, 0.1) is 6.10 Å². The molecule has 4 heteroatoms. The van der Waals surface area contributed by atoms with Gasteiger partial charge in [-0.05, 0) is 24.6 Å². The maximum absolute atomic E-state index is 9.86. The molecule has 0 amide bonds. The lowest BCUT2D eigenvalue weighted by Crippen LogP contribution is -2.28. The largest absolute Gasteiger partial charge is 0.492 e. The van der Waals surface area contributed by atoms with Gasteiger partial charge in [0.25, 0.3) is 0 Å². The lowest BCUT2D eigenvalue weighted by Gasteiger charge is -2.19. The fraction of sp³-hybridized carbons (Fsp3) is 0.412. The first-order valence-electron chi connectivity index (χ1n) is 7.19. The Labute approximate surface area is 127 Å². The van der Waals surface area contributed by atoms with E-state index < -0.39 is 6.10 Å². The molecule has 21 heavy (non-hydrogen) atoms. The van der Waals surface area contributed by atoms with E-state index in [1.54, 1.807) is 6.92 Å². The highest BCUT2D eigenvalue weighted by molar-refractivity contribution is 5.29. The molecule has 1 aromatic rings. The van der Waals surface area contributed by atoms with Crippen LogP contribution in [0.1, 0.15) is 18.6 Å². The lowest BCUT2D eigenvalue weighted by atomic mass is 10.0. The predicted molar refractivity (Wildman–Crippen MR) is 87.4 cm³/mol. The molecular weight excluding hydrogens is 264 g/mol. The summed E-state index contributed by atoms with van der Waals surface area (Å²) in [4.78, 5) is 2.19. The standard InChI is InChI=1S/C17H26N2O2/c1-4-10-19(11-5-2)12-13-21-16-8-6-15(7-9-16)17(20)14(3)18/h4-9,14,17,20H,1-2,10-13,18H2,3H3. The summed E-state index contributed by atoms with van der Waals surface area (Å²) in [6, 6.07) is 7.10. The molecule has 0 aliphatic carbocycles. The third-order valence-electron chi connectivity index (χ3n) is 3.17. The number of nitrogens with zero attached hydrogens (tertiary/aromatic N) is 1. The molecule has 4 nitrogen and oxygen atoms in total. The summed E-state index contributed by atoms with van der Waals surface area (Å²) in [6.07, 6.45) is 3.09. The molecule has 0 saturated carbocycles. The van der Waals surface area contributed by atoms with Crippen LogP contribution in [0.25, 0.3) is 0 Å². The smallest absolute Gasteiger partial charge is 0.119 e. The zero-order valence-electron chi connectivity index (χ0n) is 12.7. The number of benzene rings is 1. The zero-order valence-corrected chi connectivity index (χ0v) is 12.7. The van der Waals surface area contributed by atoms with Gasteiger partial charge in [0.2, 0.25) is 0 Å². The number of hydrogen-bond donors (Lipinski definition) is 2. The van der Waals surface area contributed by atoms with E-state index in [1.165, 1.54) is 0 Å². The van der Waals surface area contributed by atoms with Crippen LogP contribution in [-0.4, -0.2) is 42.3 Å². The van der Waals surface area contributed by atoms with Gasteiger partial charge in [-0.1, -0.05) is 24.3 Å². The summed E-state index contributed by atoms with van der Waals surface area (Å²) in [5.74, 6) is 0.785. The molecule has 0 aromatic heterocycles. The summed E-state index contributed by atoms with van der Waals surface area (Å²) in [5, 5.41) is 9.86. The summed E-state index contributed by atoms with van der Waals surface area (Å²) in [5.41, 5.74) is 6.48. The van der Waals surface area contributed by atoms with Gasteiger partial charge in [-0.25, -0.2) is 0 Å². The Bertz CT molecular complexity index is 419. The molecule has 1 rings (SSSR count). The van der Waals surface area contributed by atoms with Gasteiger partial charge in [-0.2, -0.15) is 0 Å². The van der Waals surface area contributed by atoms with Crippen molar-refractivity contribution in [2.75, 3.05) is 26.2 Å². The van der Waals surface area contributed by atoms with Gasteiger partial charge < -0.3 is 15.6 Å². The molecule has 0 aliphatic heterocycles. The van der Waals surface area contributed by atoms with E-state index in [0.29, 0.717) is 6.61 Å². The normalized spacial score (nSPS) is 13.7. The van der Waals surface area contributed by atoms with Crippen molar-refractivity contribution in [2.45, 2.75) is 19.1 Å². The molecule has 0 radical (unpaired) electrons. The van der Waals surface area contributed by atoms with E-state index in [-0.39, 0.29) is 6.04 Å². The number of hydrogen-bond acceptors (Lipinski definition) is 4. The number of aliphatic hydroxyl groups excluding tert-OH is 1. The fourth-order valence-corrected chi connectivity index (χ4v) is 1.98. The van der Waals surface area contributed by atoms with Gasteiger partial charge in [0, 0.05) is 25.7 Å². The number of rotatable bonds is 10. The van der Waals surface area contributed by atoms with E-state index in [1.807, 2.05) is 36.4 Å². The summed E-state index contributed by atoms with van der Waals surface area (Å²) in [6.45, 7) is 12.3. The van der Waals surface area contributed by atoms with E-state index in [2.05, 4.69) is 18.1 Å². The average molecular weight is 290 g/mol. The Hall–Kier alpha value is -1.62. The van der Waals surface area contributed by atoms with Crippen molar-refractivity contribution in [3.8, 4) is 5.75 Å². The molecule has 0 saturated heterocycles. The van der Waals surface area contributed by atoms with Crippen molar-refractivity contribution in [3.63, 3.8) is 0 Å². The first kappa shape index (κ1) is 17.4. The summed E-state index contributed by atoms with van der Waals surface area (Å²) in [7, 11) is 0. The van der Waals surface area contributed by atoms with Crippen molar-refractivity contribution in [1.29, 1.82) is 0 Å². The summed E-state index contributed by atoms with van der Waals surface area (Å²) >= 11 is 0. The van der Waals surface area contributed by atoms with Crippen molar-refractivity contribution in [3.05, 3.63) is 55.1 Å². The van der Waals surface area contributed by atoms with Gasteiger partial charge >= 0.3 is 0 Å². The maximum Gasteiger partial charge on any atom is 0.119 e. The Morgan fingerprint density at radius 2 is 1.81 bits per heavy atom. The maximum atomic E-state index is 9.86. The van der Waals surface area contributed by atoms with Crippen molar-refractivity contribution >= 4 is 0 Å². The second kappa shape index (κ2) is 9.34. The van der Waals surface area contributed by atoms with E-state index >= 15 is 0 Å². The fourth-order valence-electron chi connectivity index (χ4n) is 1.98. The Morgan fingerprint density at radius 1 is 1.24 bits per heavy atom. The molecule has 3 N–H and O–H groups in total. The molecule has 2 atom stereocenters. The minimum atomic E-state index is -0.644. The Morgan fingerprint density at radius 3 is 2.29 bits per heavy atom. The van der Waals surface area contributed by atoms with Crippen LogP contribution < -0.4 is 10.5 Å². The van der Waals surface area contributed by atoms with Crippen LogP contribution in [0.5, 0.6) is 5.75 Å². The van der Waals surface area contributed by atoms with E-state index in [9.17, 15) is 5.11 Å². The minimum Gasteiger partial charge on any atom is -0.492 e. The second-order valence-electron chi connectivity index (χ2n) is 5.06. The van der Waals surface area contributed by atoms with Crippen molar-refractivity contribution in [1.82, 2.24) is 4.90 Å². The topological polar surface area (TPSA) is 58.7 Å². The summed E-state index contributed by atoms with van der Waals surface area (Å²) < 4.78 is 5.70. The molecule has 0 spiro atoms. The first-order valence-corrected chi connectivity index (χ1v) is 7.19. The third kappa shape index (κ3) is 6.12. The molecule has 0 bridgehead atoms. The first-order chi connectivity index (χ1) is 10.1. The Kier molecular flexibility index (Phi) is 7.75. The highest BCUT2D eigenvalue weighted by atomic mass is 16.5. The average Bonchev–Trinajstić information content (AvgIpc) is 2.47. The van der Waals surface area contributed by atoms with E-state index in [4.69, 9.17) is 10.5 Å². The van der Waals surface area contributed by atoms with Gasteiger partial charge in [0.1, 0.15) is 12.4 Å². The van der Waals surface area contributed by atoms with Gasteiger partial charge in [-0.15, -0.1) is 13.2 Å². The molecule has 2 unspecified atom stereocenters. The lowest BCUT2D eigenvalue weighted by molar-refractivity contribution is 0.153. The zero-order chi connectivity index (χ0) is 15.7. The molecular formula is C17H26N2O2. The van der Waals surface area contributed by atoms with Crippen LogP contribution in [-0.2, 0) is 0 Å².